The minimum absolute atomic E-state index is 0. The van der Waals surface area contributed by atoms with Crippen LogP contribution in [0.2, 0.25) is 0 Å². The van der Waals surface area contributed by atoms with Gasteiger partial charge in [0.1, 0.15) is 11.6 Å². The average Bonchev–Trinajstić information content (AvgIpc) is 2.65. The van der Waals surface area contributed by atoms with E-state index >= 15 is 0 Å². The Labute approximate surface area is 159 Å². The Morgan fingerprint density at radius 1 is 0.962 bits per heavy atom. The second-order valence-corrected chi connectivity index (χ2v) is 6.24. The van der Waals surface area contributed by atoms with E-state index in [1.54, 1.807) is 0 Å². The number of hydrogen-bond acceptors (Lipinski definition) is 3. The smallest absolute Gasteiger partial charge is 0.191 e. The lowest BCUT2D eigenvalue weighted by molar-refractivity contribution is 0.612. The van der Waals surface area contributed by atoms with Gasteiger partial charge in [0.2, 0.25) is 0 Å². The summed E-state index contributed by atoms with van der Waals surface area (Å²) in [5.74, 6) is 0.491. The van der Waals surface area contributed by atoms with E-state index in [4.69, 9.17) is 0 Å². The number of halogens is 3. The van der Waals surface area contributed by atoms with Crippen LogP contribution in [0.1, 0.15) is 36.3 Å². The zero-order valence-corrected chi connectivity index (χ0v) is 15.4. The normalized spacial score (nSPS) is 13.6. The van der Waals surface area contributed by atoms with Crippen LogP contribution < -0.4 is 10.6 Å². The molecule has 0 aromatic heterocycles. The van der Waals surface area contributed by atoms with Crippen LogP contribution in [-0.4, -0.2) is 25.6 Å². The van der Waals surface area contributed by atoms with E-state index in [2.05, 4.69) is 15.6 Å². The second kappa shape index (κ2) is 10.1. The van der Waals surface area contributed by atoms with Gasteiger partial charge in [-0.25, -0.2) is 8.78 Å². The number of rotatable bonds is 6. The molecule has 1 aliphatic heterocycles. The SMILES string of the molecule is Cl.Fc1ccc(C(CCCNC2=NCCCN2)c2ccc(F)cc2)cc1. The molecular formula is C20H24ClF2N3. The van der Waals surface area contributed by atoms with Gasteiger partial charge in [0.15, 0.2) is 5.96 Å². The minimum atomic E-state index is -0.246. The van der Waals surface area contributed by atoms with Gasteiger partial charge in [-0.1, -0.05) is 24.3 Å². The molecule has 0 atom stereocenters. The van der Waals surface area contributed by atoms with Gasteiger partial charge in [0.05, 0.1) is 0 Å². The Morgan fingerprint density at radius 2 is 1.54 bits per heavy atom. The number of nitrogens with one attached hydrogen (secondary N) is 2. The van der Waals surface area contributed by atoms with Crippen molar-refractivity contribution >= 4 is 18.4 Å². The van der Waals surface area contributed by atoms with Crippen molar-refractivity contribution < 1.29 is 8.78 Å². The lowest BCUT2D eigenvalue weighted by atomic mass is 9.87. The molecule has 0 saturated carbocycles. The fourth-order valence-electron chi connectivity index (χ4n) is 3.08. The molecule has 1 heterocycles. The van der Waals surface area contributed by atoms with Gasteiger partial charge >= 0.3 is 0 Å². The van der Waals surface area contributed by atoms with Crippen LogP contribution in [0.25, 0.3) is 0 Å². The van der Waals surface area contributed by atoms with Crippen molar-refractivity contribution in [3.63, 3.8) is 0 Å². The number of hydrogen-bond donors (Lipinski definition) is 2. The van der Waals surface area contributed by atoms with Crippen molar-refractivity contribution in [2.45, 2.75) is 25.2 Å². The van der Waals surface area contributed by atoms with Gasteiger partial charge in [0, 0.05) is 25.6 Å². The molecule has 2 aromatic carbocycles. The van der Waals surface area contributed by atoms with Crippen molar-refractivity contribution in [3.8, 4) is 0 Å². The summed E-state index contributed by atoms with van der Waals surface area (Å²) in [6, 6.07) is 13.1. The maximum absolute atomic E-state index is 13.2. The molecule has 6 heteroatoms. The molecule has 26 heavy (non-hydrogen) atoms. The van der Waals surface area contributed by atoms with Gasteiger partial charge in [-0.15, -0.1) is 12.4 Å². The molecule has 0 unspecified atom stereocenters. The highest BCUT2D eigenvalue weighted by atomic mass is 35.5. The maximum atomic E-state index is 13.2. The van der Waals surface area contributed by atoms with Gasteiger partial charge in [-0.05, 0) is 54.7 Å². The summed E-state index contributed by atoms with van der Waals surface area (Å²) >= 11 is 0. The Kier molecular flexibility index (Phi) is 7.85. The molecular weight excluding hydrogens is 356 g/mol. The number of aliphatic imine (C=N–C) groups is 1. The van der Waals surface area contributed by atoms with Crippen LogP contribution in [0.5, 0.6) is 0 Å². The fourth-order valence-corrected chi connectivity index (χ4v) is 3.08. The molecule has 1 aliphatic rings. The van der Waals surface area contributed by atoms with Crippen molar-refractivity contribution in [1.82, 2.24) is 10.6 Å². The first kappa shape index (κ1) is 20.2. The standard InChI is InChI=1S/C20H23F2N3.ClH/c21-17-8-4-15(5-9-17)19(16-6-10-18(22)11-7-16)3-1-12-23-20-24-13-2-14-25-20;/h4-11,19H,1-3,12-14H2,(H2,23,24,25);1H. The van der Waals surface area contributed by atoms with E-state index in [-0.39, 0.29) is 30.0 Å². The molecule has 0 saturated heterocycles. The van der Waals surface area contributed by atoms with E-state index in [9.17, 15) is 8.78 Å². The van der Waals surface area contributed by atoms with Crippen molar-refractivity contribution in [3.05, 3.63) is 71.3 Å². The predicted octanol–water partition coefficient (Wildman–Crippen LogP) is 4.24. The van der Waals surface area contributed by atoms with Crippen molar-refractivity contribution in [2.24, 2.45) is 4.99 Å². The zero-order chi connectivity index (χ0) is 17.5. The molecule has 140 valence electrons. The third-order valence-corrected chi connectivity index (χ3v) is 4.40. The molecule has 0 bridgehead atoms. The summed E-state index contributed by atoms with van der Waals surface area (Å²) in [7, 11) is 0. The van der Waals surface area contributed by atoms with E-state index in [1.807, 2.05) is 24.3 Å². The molecule has 0 amide bonds. The summed E-state index contributed by atoms with van der Waals surface area (Å²) in [5.41, 5.74) is 2.09. The molecule has 0 radical (unpaired) electrons. The van der Waals surface area contributed by atoms with E-state index in [1.165, 1.54) is 24.3 Å². The van der Waals surface area contributed by atoms with E-state index < -0.39 is 0 Å². The Balaban J connectivity index is 0.00000243. The maximum Gasteiger partial charge on any atom is 0.191 e. The summed E-state index contributed by atoms with van der Waals surface area (Å²) < 4.78 is 26.5. The van der Waals surface area contributed by atoms with Gasteiger partial charge in [-0.2, -0.15) is 0 Å². The highest BCUT2D eigenvalue weighted by molar-refractivity contribution is 5.85. The van der Waals surface area contributed by atoms with Crippen molar-refractivity contribution in [2.75, 3.05) is 19.6 Å². The molecule has 3 nitrogen and oxygen atoms in total. The summed E-state index contributed by atoms with van der Waals surface area (Å²) in [6.07, 6.45) is 2.89. The van der Waals surface area contributed by atoms with E-state index in [0.717, 1.165) is 56.0 Å². The predicted molar refractivity (Wildman–Crippen MR) is 104 cm³/mol. The molecule has 3 rings (SSSR count). The number of guanidine groups is 1. The topological polar surface area (TPSA) is 36.4 Å². The first-order valence-electron chi connectivity index (χ1n) is 8.75. The highest BCUT2D eigenvalue weighted by Gasteiger charge is 2.14. The third kappa shape index (κ3) is 5.70. The molecule has 2 aromatic rings. The molecule has 0 spiro atoms. The largest absolute Gasteiger partial charge is 0.356 e. The number of benzene rings is 2. The van der Waals surface area contributed by atoms with Crippen LogP contribution in [0, 0.1) is 11.6 Å². The monoisotopic (exact) mass is 379 g/mol. The van der Waals surface area contributed by atoms with Gasteiger partial charge in [0.25, 0.3) is 0 Å². The minimum Gasteiger partial charge on any atom is -0.356 e. The molecule has 0 aliphatic carbocycles. The second-order valence-electron chi connectivity index (χ2n) is 6.24. The first-order valence-corrected chi connectivity index (χ1v) is 8.75. The van der Waals surface area contributed by atoms with Crippen LogP contribution in [0.15, 0.2) is 53.5 Å². The average molecular weight is 380 g/mol. The Hall–Kier alpha value is -2.14. The lowest BCUT2D eigenvalue weighted by Crippen LogP contribution is -2.41. The van der Waals surface area contributed by atoms with Gasteiger partial charge in [-0.3, -0.25) is 4.99 Å². The fraction of sp³-hybridized carbons (Fsp3) is 0.350. The van der Waals surface area contributed by atoms with Crippen molar-refractivity contribution in [1.29, 1.82) is 0 Å². The Morgan fingerprint density at radius 3 is 2.04 bits per heavy atom. The quantitative estimate of drug-likeness (QED) is 0.736. The van der Waals surface area contributed by atoms with E-state index in [0.29, 0.717) is 0 Å². The van der Waals surface area contributed by atoms with Gasteiger partial charge < -0.3 is 10.6 Å². The van der Waals surface area contributed by atoms with Crippen LogP contribution >= 0.6 is 12.4 Å². The van der Waals surface area contributed by atoms with Crippen LogP contribution in [0.4, 0.5) is 8.78 Å². The Bertz CT molecular complexity index is 657. The zero-order valence-electron chi connectivity index (χ0n) is 14.6. The third-order valence-electron chi connectivity index (χ3n) is 4.40. The van der Waals surface area contributed by atoms with Crippen LogP contribution in [-0.2, 0) is 0 Å². The van der Waals surface area contributed by atoms with Crippen LogP contribution in [0.3, 0.4) is 0 Å². The molecule has 2 N–H and O–H groups in total. The lowest BCUT2D eigenvalue weighted by Gasteiger charge is -2.20. The highest BCUT2D eigenvalue weighted by Crippen LogP contribution is 2.29. The summed E-state index contributed by atoms with van der Waals surface area (Å²) in [6.45, 7) is 2.63. The summed E-state index contributed by atoms with van der Waals surface area (Å²) in [5, 5.41) is 6.56. The summed E-state index contributed by atoms with van der Waals surface area (Å²) in [4.78, 5) is 4.39. The molecule has 0 fully saturated rings. The first-order chi connectivity index (χ1) is 12.2. The number of nitrogens with zero attached hydrogens (tertiary/aromatic N) is 1.